The van der Waals surface area contributed by atoms with E-state index in [0.717, 1.165) is 17.5 Å². The quantitative estimate of drug-likeness (QED) is 0.915. The second kappa shape index (κ2) is 7.05. The van der Waals surface area contributed by atoms with Crippen molar-refractivity contribution in [1.29, 1.82) is 5.26 Å². The Morgan fingerprint density at radius 1 is 1.20 bits per heavy atom. The molecule has 3 rings (SSSR count). The van der Waals surface area contributed by atoms with Crippen molar-refractivity contribution in [1.82, 2.24) is 4.90 Å². The van der Waals surface area contributed by atoms with E-state index in [-0.39, 0.29) is 12.0 Å². The minimum Gasteiger partial charge on any atom is -0.453 e. The van der Waals surface area contributed by atoms with Crippen molar-refractivity contribution in [3.8, 4) is 6.07 Å². The van der Waals surface area contributed by atoms with Gasteiger partial charge in [0.1, 0.15) is 0 Å². The summed E-state index contributed by atoms with van der Waals surface area (Å²) in [4.78, 5) is 25.7. The van der Waals surface area contributed by atoms with Crippen LogP contribution < -0.4 is 5.32 Å². The molecular weight excluding hydrogens is 318 g/mol. The molecular formula is C19H17N3O3. The molecule has 0 fully saturated rings. The molecule has 6 heteroatoms. The highest BCUT2D eigenvalue weighted by Crippen LogP contribution is 2.23. The Balaban J connectivity index is 1.77. The highest BCUT2D eigenvalue weighted by Gasteiger charge is 2.21. The first-order chi connectivity index (χ1) is 12.1. The van der Waals surface area contributed by atoms with Gasteiger partial charge >= 0.3 is 6.09 Å². The second-order valence-electron chi connectivity index (χ2n) is 5.77. The zero-order valence-corrected chi connectivity index (χ0v) is 13.8. The first-order valence-electron chi connectivity index (χ1n) is 7.87. The molecule has 1 aliphatic rings. The van der Waals surface area contributed by atoms with E-state index in [9.17, 15) is 9.59 Å². The Hall–Kier alpha value is -3.33. The third-order valence-corrected chi connectivity index (χ3v) is 4.16. The van der Waals surface area contributed by atoms with Gasteiger partial charge in [-0.25, -0.2) is 4.79 Å². The number of anilines is 1. The van der Waals surface area contributed by atoms with Crippen molar-refractivity contribution >= 4 is 17.7 Å². The summed E-state index contributed by atoms with van der Waals surface area (Å²) in [6, 6.07) is 14.2. The number of ether oxygens (including phenoxy) is 1. The summed E-state index contributed by atoms with van der Waals surface area (Å²) < 4.78 is 4.77. The minimum atomic E-state index is -0.353. The van der Waals surface area contributed by atoms with Gasteiger partial charge in [-0.2, -0.15) is 5.26 Å². The third kappa shape index (κ3) is 3.61. The molecule has 2 aromatic carbocycles. The number of rotatable bonds is 2. The summed E-state index contributed by atoms with van der Waals surface area (Å²) in [7, 11) is 1.36. The molecule has 0 saturated carbocycles. The molecule has 1 heterocycles. The number of methoxy groups -OCH3 is 1. The molecule has 1 N–H and O–H groups in total. The largest absolute Gasteiger partial charge is 0.453 e. The van der Waals surface area contributed by atoms with E-state index in [1.54, 1.807) is 29.2 Å². The maximum absolute atomic E-state index is 12.4. The highest BCUT2D eigenvalue weighted by molar-refractivity contribution is 6.04. The van der Waals surface area contributed by atoms with Crippen LogP contribution in [-0.4, -0.2) is 30.6 Å². The van der Waals surface area contributed by atoms with E-state index in [0.29, 0.717) is 29.9 Å². The fourth-order valence-corrected chi connectivity index (χ4v) is 2.85. The SMILES string of the molecule is COC(=O)N1CCc2ccc(NC(=O)c3cccc(C#N)c3)cc2C1. The number of hydrogen-bond donors (Lipinski definition) is 1. The lowest BCUT2D eigenvalue weighted by Gasteiger charge is -2.28. The molecule has 25 heavy (non-hydrogen) atoms. The lowest BCUT2D eigenvalue weighted by atomic mass is 9.99. The predicted octanol–water partition coefficient (Wildman–Crippen LogP) is 2.94. The van der Waals surface area contributed by atoms with Crippen molar-refractivity contribution in [2.75, 3.05) is 19.0 Å². The first-order valence-corrected chi connectivity index (χ1v) is 7.87. The van der Waals surface area contributed by atoms with Crippen LogP contribution in [0.4, 0.5) is 10.5 Å². The molecule has 0 radical (unpaired) electrons. The number of nitrogens with zero attached hydrogens (tertiary/aromatic N) is 2. The van der Waals surface area contributed by atoms with Gasteiger partial charge in [0.05, 0.1) is 18.7 Å². The van der Waals surface area contributed by atoms with Crippen LogP contribution in [0.15, 0.2) is 42.5 Å². The molecule has 0 aliphatic carbocycles. The van der Waals surface area contributed by atoms with E-state index in [4.69, 9.17) is 10.00 Å². The van der Waals surface area contributed by atoms with E-state index in [1.807, 2.05) is 24.3 Å². The third-order valence-electron chi connectivity index (χ3n) is 4.16. The fourth-order valence-electron chi connectivity index (χ4n) is 2.85. The van der Waals surface area contributed by atoms with Crippen LogP contribution in [0.25, 0.3) is 0 Å². The lowest BCUT2D eigenvalue weighted by Crippen LogP contribution is -2.35. The molecule has 2 amide bonds. The zero-order valence-electron chi connectivity index (χ0n) is 13.8. The monoisotopic (exact) mass is 335 g/mol. The Bertz CT molecular complexity index is 870. The van der Waals surface area contributed by atoms with Crippen molar-refractivity contribution in [3.63, 3.8) is 0 Å². The normalized spacial score (nSPS) is 12.7. The number of carbonyl (C=O) groups excluding carboxylic acids is 2. The fraction of sp³-hybridized carbons (Fsp3) is 0.211. The molecule has 6 nitrogen and oxygen atoms in total. The summed E-state index contributed by atoms with van der Waals surface area (Å²) in [6.45, 7) is 1.07. The second-order valence-corrected chi connectivity index (χ2v) is 5.77. The van der Waals surface area contributed by atoms with E-state index < -0.39 is 0 Å². The topological polar surface area (TPSA) is 82.4 Å². The van der Waals surface area contributed by atoms with Crippen LogP contribution in [0.2, 0.25) is 0 Å². The van der Waals surface area contributed by atoms with Gasteiger partial charge in [-0.05, 0) is 47.9 Å². The van der Waals surface area contributed by atoms with Gasteiger partial charge in [-0.1, -0.05) is 12.1 Å². The maximum Gasteiger partial charge on any atom is 0.409 e. The number of nitriles is 1. The molecule has 0 spiro atoms. The zero-order chi connectivity index (χ0) is 17.8. The number of fused-ring (bicyclic) bond motifs is 1. The summed E-state index contributed by atoms with van der Waals surface area (Å²) in [5.41, 5.74) is 3.66. The minimum absolute atomic E-state index is 0.280. The summed E-state index contributed by atoms with van der Waals surface area (Å²) >= 11 is 0. The predicted molar refractivity (Wildman–Crippen MR) is 92.1 cm³/mol. The van der Waals surface area contributed by atoms with Crippen LogP contribution in [0.1, 0.15) is 27.0 Å². The average Bonchev–Trinajstić information content (AvgIpc) is 2.66. The number of hydrogen-bond acceptors (Lipinski definition) is 4. The van der Waals surface area contributed by atoms with Crippen molar-refractivity contribution in [2.24, 2.45) is 0 Å². The standard InChI is InChI=1S/C19H17N3O3/c1-25-19(24)22-8-7-14-5-6-17(10-16(14)12-22)21-18(23)15-4-2-3-13(9-15)11-20/h2-6,9-10H,7-8,12H2,1H3,(H,21,23). The van der Waals surface area contributed by atoms with Crippen LogP contribution in [-0.2, 0) is 17.7 Å². The summed E-state index contributed by atoms with van der Waals surface area (Å²) in [5, 5.41) is 11.8. The molecule has 2 aromatic rings. The van der Waals surface area contributed by atoms with E-state index >= 15 is 0 Å². The molecule has 0 atom stereocenters. The number of nitrogens with one attached hydrogen (secondary N) is 1. The number of amides is 2. The molecule has 1 aliphatic heterocycles. The maximum atomic E-state index is 12.4. The molecule has 0 aromatic heterocycles. The summed E-state index contributed by atoms with van der Waals surface area (Å²) in [6.07, 6.45) is 0.400. The van der Waals surface area contributed by atoms with Crippen LogP contribution in [0.3, 0.4) is 0 Å². The van der Waals surface area contributed by atoms with Gasteiger partial charge in [0.15, 0.2) is 0 Å². The Kier molecular flexibility index (Phi) is 4.66. The van der Waals surface area contributed by atoms with Crippen LogP contribution in [0.5, 0.6) is 0 Å². The average molecular weight is 335 g/mol. The van der Waals surface area contributed by atoms with Gasteiger partial charge in [0.2, 0.25) is 0 Å². The smallest absolute Gasteiger partial charge is 0.409 e. The lowest BCUT2D eigenvalue weighted by molar-refractivity contribution is 0.102. The van der Waals surface area contributed by atoms with Gasteiger partial charge in [-0.15, -0.1) is 0 Å². The molecule has 126 valence electrons. The Labute approximate surface area is 145 Å². The van der Waals surface area contributed by atoms with Gasteiger partial charge < -0.3 is 15.0 Å². The van der Waals surface area contributed by atoms with E-state index in [2.05, 4.69) is 5.32 Å². The van der Waals surface area contributed by atoms with E-state index in [1.165, 1.54) is 7.11 Å². The number of benzene rings is 2. The summed E-state index contributed by atoms with van der Waals surface area (Å²) in [5.74, 6) is -0.280. The van der Waals surface area contributed by atoms with Crippen molar-refractivity contribution in [3.05, 3.63) is 64.7 Å². The number of carbonyl (C=O) groups is 2. The molecule has 0 bridgehead atoms. The Morgan fingerprint density at radius 2 is 2.04 bits per heavy atom. The Morgan fingerprint density at radius 3 is 2.80 bits per heavy atom. The van der Waals surface area contributed by atoms with Crippen molar-refractivity contribution < 1.29 is 14.3 Å². The van der Waals surface area contributed by atoms with Gasteiger partial charge in [0, 0.05) is 24.3 Å². The highest BCUT2D eigenvalue weighted by atomic mass is 16.5. The van der Waals surface area contributed by atoms with Crippen LogP contribution >= 0.6 is 0 Å². The van der Waals surface area contributed by atoms with Crippen molar-refractivity contribution in [2.45, 2.75) is 13.0 Å². The van der Waals surface area contributed by atoms with Gasteiger partial charge in [0.25, 0.3) is 5.91 Å². The van der Waals surface area contributed by atoms with Gasteiger partial charge in [-0.3, -0.25) is 4.79 Å². The first kappa shape index (κ1) is 16.5. The molecule has 0 saturated heterocycles. The van der Waals surface area contributed by atoms with Crippen LogP contribution in [0, 0.1) is 11.3 Å². The molecule has 0 unspecified atom stereocenters.